The van der Waals surface area contributed by atoms with E-state index in [0.717, 1.165) is 31.4 Å². The Bertz CT molecular complexity index is 909. The Kier molecular flexibility index (Phi) is 5.61. The molecule has 7 heteroatoms. The lowest BCUT2D eigenvalue weighted by Gasteiger charge is -2.24. The van der Waals surface area contributed by atoms with Gasteiger partial charge in [0.15, 0.2) is 0 Å². The van der Waals surface area contributed by atoms with Crippen molar-refractivity contribution >= 4 is 11.9 Å². The Hall–Kier alpha value is -3.22. The predicted molar refractivity (Wildman–Crippen MR) is 107 cm³/mol. The lowest BCUT2D eigenvalue weighted by Crippen LogP contribution is -2.32. The number of nitrogens with zero attached hydrogens (tertiary/aromatic N) is 4. The van der Waals surface area contributed by atoms with Crippen LogP contribution in [0.3, 0.4) is 0 Å². The Morgan fingerprint density at radius 3 is 2.79 bits per heavy atom. The molecule has 144 valence electrons. The fourth-order valence-corrected chi connectivity index (χ4v) is 3.61. The van der Waals surface area contributed by atoms with Crippen molar-refractivity contribution in [3.63, 3.8) is 0 Å². The third-order valence-corrected chi connectivity index (χ3v) is 4.97. The van der Waals surface area contributed by atoms with Crippen molar-refractivity contribution in [3.05, 3.63) is 71.8 Å². The van der Waals surface area contributed by atoms with Gasteiger partial charge in [0.1, 0.15) is 0 Å². The summed E-state index contributed by atoms with van der Waals surface area (Å²) in [7, 11) is 0. The van der Waals surface area contributed by atoms with Crippen molar-refractivity contribution in [2.24, 2.45) is 0 Å². The largest absolute Gasteiger partial charge is 0.354 e. The number of fused-ring (bicyclic) bond motifs is 1. The molecule has 1 aromatic carbocycles. The zero-order valence-corrected chi connectivity index (χ0v) is 15.7. The van der Waals surface area contributed by atoms with E-state index in [4.69, 9.17) is 0 Å². The highest BCUT2D eigenvalue weighted by Crippen LogP contribution is 2.30. The second-order valence-corrected chi connectivity index (χ2v) is 6.95. The van der Waals surface area contributed by atoms with Gasteiger partial charge in [-0.1, -0.05) is 30.3 Å². The molecule has 1 amide bonds. The molecule has 0 unspecified atom stereocenters. The van der Waals surface area contributed by atoms with E-state index in [1.807, 2.05) is 24.4 Å². The number of anilines is 1. The topological polar surface area (TPSA) is 84.7 Å². The lowest BCUT2D eigenvalue weighted by atomic mass is 9.92. The van der Waals surface area contributed by atoms with Crippen LogP contribution < -0.4 is 10.6 Å². The number of nitrogens with one attached hydrogen (secondary N) is 2. The number of benzene rings is 1. The number of hydrogen-bond acceptors (Lipinski definition) is 5. The Labute approximate surface area is 164 Å². The van der Waals surface area contributed by atoms with Gasteiger partial charge in [0.05, 0.1) is 18.8 Å². The smallest absolute Gasteiger partial charge is 0.222 e. The standard InChI is InChI=1S/C21H24N6O/c28-20(10-13-24-21-22-11-5-12-23-21)26-18-8-4-9-19-17(18)14-25-27(19)15-16-6-2-1-3-7-16/h1-3,5-7,11-12,14,18H,4,8-10,13,15H2,(H,26,28)(H,22,23,24)/t18-/m0/s1. The summed E-state index contributed by atoms with van der Waals surface area (Å²) < 4.78 is 2.07. The van der Waals surface area contributed by atoms with Crippen LogP contribution in [-0.4, -0.2) is 32.2 Å². The molecule has 3 aromatic rings. The maximum Gasteiger partial charge on any atom is 0.222 e. The number of hydrogen-bond donors (Lipinski definition) is 2. The van der Waals surface area contributed by atoms with Crippen LogP contribution in [0.4, 0.5) is 5.95 Å². The zero-order chi connectivity index (χ0) is 19.2. The van der Waals surface area contributed by atoms with E-state index in [2.05, 4.69) is 42.5 Å². The van der Waals surface area contributed by atoms with E-state index in [9.17, 15) is 4.79 Å². The first-order valence-corrected chi connectivity index (χ1v) is 9.68. The van der Waals surface area contributed by atoms with Crippen LogP contribution in [0, 0.1) is 0 Å². The molecular formula is C21H24N6O. The van der Waals surface area contributed by atoms with Crippen LogP contribution in [0.5, 0.6) is 0 Å². The Balaban J connectivity index is 1.35. The maximum atomic E-state index is 12.4. The summed E-state index contributed by atoms with van der Waals surface area (Å²) in [4.78, 5) is 20.6. The fourth-order valence-electron chi connectivity index (χ4n) is 3.61. The summed E-state index contributed by atoms with van der Waals surface area (Å²) in [5.74, 6) is 0.564. The minimum Gasteiger partial charge on any atom is -0.354 e. The third-order valence-electron chi connectivity index (χ3n) is 4.97. The molecule has 2 N–H and O–H groups in total. The Morgan fingerprint density at radius 1 is 1.14 bits per heavy atom. The van der Waals surface area contributed by atoms with Crippen LogP contribution >= 0.6 is 0 Å². The molecule has 0 saturated carbocycles. The highest BCUT2D eigenvalue weighted by Gasteiger charge is 2.25. The number of amides is 1. The van der Waals surface area contributed by atoms with Gasteiger partial charge < -0.3 is 10.6 Å². The quantitative estimate of drug-likeness (QED) is 0.662. The number of carbonyl (C=O) groups excluding carboxylic acids is 1. The van der Waals surface area contributed by atoms with Crippen LogP contribution in [-0.2, 0) is 17.8 Å². The molecule has 4 rings (SSSR count). The summed E-state index contributed by atoms with van der Waals surface area (Å²) >= 11 is 0. The molecule has 1 atom stereocenters. The molecule has 0 radical (unpaired) electrons. The molecule has 0 aliphatic heterocycles. The van der Waals surface area contributed by atoms with Gasteiger partial charge >= 0.3 is 0 Å². The second kappa shape index (κ2) is 8.65. The van der Waals surface area contributed by atoms with Crippen molar-refractivity contribution in [2.45, 2.75) is 38.3 Å². The number of aromatic nitrogens is 4. The minimum atomic E-state index is 0.0251. The van der Waals surface area contributed by atoms with Gasteiger partial charge in [-0.25, -0.2) is 9.97 Å². The molecular weight excluding hydrogens is 352 g/mol. The van der Waals surface area contributed by atoms with E-state index in [-0.39, 0.29) is 11.9 Å². The molecule has 2 aromatic heterocycles. The van der Waals surface area contributed by atoms with Crippen LogP contribution in [0.15, 0.2) is 55.0 Å². The lowest BCUT2D eigenvalue weighted by molar-refractivity contribution is -0.121. The molecule has 1 aliphatic rings. The first-order chi connectivity index (χ1) is 13.8. The normalized spacial score (nSPS) is 15.6. The van der Waals surface area contributed by atoms with Gasteiger partial charge in [0.25, 0.3) is 0 Å². The summed E-state index contributed by atoms with van der Waals surface area (Å²) in [6, 6.07) is 12.1. The van der Waals surface area contributed by atoms with E-state index < -0.39 is 0 Å². The van der Waals surface area contributed by atoms with E-state index >= 15 is 0 Å². The summed E-state index contributed by atoms with van der Waals surface area (Å²) in [5.41, 5.74) is 3.61. The molecule has 0 spiro atoms. The van der Waals surface area contributed by atoms with E-state index in [0.29, 0.717) is 18.9 Å². The molecule has 0 fully saturated rings. The molecule has 7 nitrogen and oxygen atoms in total. The molecule has 2 heterocycles. The fraction of sp³-hybridized carbons (Fsp3) is 0.333. The molecule has 0 saturated heterocycles. The van der Waals surface area contributed by atoms with Gasteiger partial charge in [-0.2, -0.15) is 5.10 Å². The van der Waals surface area contributed by atoms with E-state index in [1.165, 1.54) is 11.3 Å². The van der Waals surface area contributed by atoms with Gasteiger partial charge in [-0.3, -0.25) is 9.48 Å². The first kappa shape index (κ1) is 18.2. The number of carbonyl (C=O) groups is 1. The second-order valence-electron chi connectivity index (χ2n) is 6.95. The van der Waals surface area contributed by atoms with Crippen LogP contribution in [0.2, 0.25) is 0 Å². The SMILES string of the molecule is O=C(CCNc1ncccn1)N[C@H]1CCCc2c1cnn2Cc1ccccc1. The van der Waals surface area contributed by atoms with Crippen LogP contribution in [0.25, 0.3) is 0 Å². The third kappa shape index (κ3) is 4.36. The molecule has 28 heavy (non-hydrogen) atoms. The van der Waals surface area contributed by atoms with Crippen molar-refractivity contribution in [3.8, 4) is 0 Å². The highest BCUT2D eigenvalue weighted by molar-refractivity contribution is 5.77. The molecule has 0 bridgehead atoms. The van der Waals surface area contributed by atoms with Crippen molar-refractivity contribution in [1.29, 1.82) is 0 Å². The van der Waals surface area contributed by atoms with Gasteiger partial charge in [0, 0.05) is 36.6 Å². The predicted octanol–water partition coefficient (Wildman–Crippen LogP) is 2.72. The average molecular weight is 376 g/mol. The van der Waals surface area contributed by atoms with Gasteiger partial charge in [0.2, 0.25) is 11.9 Å². The van der Waals surface area contributed by atoms with Crippen molar-refractivity contribution in [1.82, 2.24) is 25.1 Å². The monoisotopic (exact) mass is 376 g/mol. The summed E-state index contributed by atoms with van der Waals surface area (Å²) in [6.45, 7) is 1.26. The minimum absolute atomic E-state index is 0.0251. The van der Waals surface area contributed by atoms with E-state index in [1.54, 1.807) is 18.5 Å². The maximum absolute atomic E-state index is 12.4. The molecule has 1 aliphatic carbocycles. The first-order valence-electron chi connectivity index (χ1n) is 9.68. The summed E-state index contributed by atoms with van der Waals surface area (Å²) in [5, 5.41) is 10.8. The Morgan fingerprint density at radius 2 is 1.96 bits per heavy atom. The summed E-state index contributed by atoms with van der Waals surface area (Å²) in [6.07, 6.45) is 8.64. The number of rotatable bonds is 7. The average Bonchev–Trinajstić information content (AvgIpc) is 3.13. The zero-order valence-electron chi connectivity index (χ0n) is 15.7. The van der Waals surface area contributed by atoms with Crippen molar-refractivity contribution in [2.75, 3.05) is 11.9 Å². The van der Waals surface area contributed by atoms with Gasteiger partial charge in [-0.05, 0) is 30.9 Å². The van der Waals surface area contributed by atoms with Crippen LogP contribution in [0.1, 0.15) is 42.1 Å². The van der Waals surface area contributed by atoms with Gasteiger partial charge in [-0.15, -0.1) is 0 Å². The van der Waals surface area contributed by atoms with Crippen molar-refractivity contribution < 1.29 is 4.79 Å². The highest BCUT2D eigenvalue weighted by atomic mass is 16.1.